The topological polar surface area (TPSA) is 36.0 Å². The van der Waals surface area contributed by atoms with Crippen molar-refractivity contribution in [3.63, 3.8) is 0 Å². The molecule has 5 rings (SSSR count). The van der Waals surface area contributed by atoms with Gasteiger partial charge in [0, 0.05) is 38.4 Å². The number of anilines is 1. The number of amides is 1. The van der Waals surface area contributed by atoms with Gasteiger partial charge < -0.3 is 14.5 Å². The number of nitrogens with zero attached hydrogens (tertiary/aromatic N) is 3. The number of carbonyl (C=O) groups is 1. The second-order valence-electron chi connectivity index (χ2n) is 9.35. The molecule has 0 radical (unpaired) electrons. The summed E-state index contributed by atoms with van der Waals surface area (Å²) in [5.41, 5.74) is 2.88. The summed E-state index contributed by atoms with van der Waals surface area (Å²) >= 11 is 12.8. The van der Waals surface area contributed by atoms with Crippen LogP contribution in [0.2, 0.25) is 10.0 Å². The predicted molar refractivity (Wildman–Crippen MR) is 134 cm³/mol. The minimum Gasteiger partial charge on any atom is -0.379 e. The lowest BCUT2D eigenvalue weighted by Crippen LogP contribution is -2.50. The lowest BCUT2D eigenvalue weighted by molar-refractivity contribution is -0.125. The Bertz CT molecular complexity index is 987. The van der Waals surface area contributed by atoms with Gasteiger partial charge in [0.1, 0.15) is 0 Å². The second-order valence-corrected chi connectivity index (χ2v) is 10.2. The molecule has 0 N–H and O–H groups in total. The van der Waals surface area contributed by atoms with Crippen molar-refractivity contribution >= 4 is 34.8 Å². The maximum Gasteiger partial charge on any atom is 0.237 e. The Morgan fingerprint density at radius 2 is 1.52 bits per heavy atom. The molecule has 0 aromatic heterocycles. The van der Waals surface area contributed by atoms with E-state index in [1.54, 1.807) is 0 Å². The van der Waals surface area contributed by atoms with E-state index in [9.17, 15) is 4.79 Å². The Kier molecular flexibility index (Phi) is 6.96. The molecule has 3 aliphatic rings. The van der Waals surface area contributed by atoms with Gasteiger partial charge in [-0.2, -0.15) is 0 Å². The van der Waals surface area contributed by atoms with Gasteiger partial charge in [-0.05, 0) is 55.6 Å². The van der Waals surface area contributed by atoms with E-state index in [-0.39, 0.29) is 5.91 Å². The first-order valence-corrected chi connectivity index (χ1v) is 12.7. The summed E-state index contributed by atoms with van der Waals surface area (Å²) in [7, 11) is 0. The highest BCUT2D eigenvalue weighted by atomic mass is 35.5. The van der Waals surface area contributed by atoms with Crippen LogP contribution in [0, 0.1) is 0 Å². The van der Waals surface area contributed by atoms with E-state index < -0.39 is 5.41 Å². The molecule has 0 aliphatic carbocycles. The molecule has 0 atom stereocenters. The van der Waals surface area contributed by atoms with E-state index >= 15 is 0 Å². The number of benzene rings is 2. The largest absolute Gasteiger partial charge is 0.379 e. The third kappa shape index (κ3) is 4.67. The van der Waals surface area contributed by atoms with Crippen LogP contribution < -0.4 is 4.90 Å². The molecule has 3 aliphatic heterocycles. The highest BCUT2D eigenvalue weighted by molar-refractivity contribution is 6.42. The fourth-order valence-electron chi connectivity index (χ4n) is 5.49. The van der Waals surface area contributed by atoms with Crippen LogP contribution in [0.3, 0.4) is 0 Å². The van der Waals surface area contributed by atoms with Crippen molar-refractivity contribution in [2.75, 3.05) is 63.9 Å². The zero-order chi connectivity index (χ0) is 22.8. The van der Waals surface area contributed by atoms with Gasteiger partial charge in [-0.25, -0.2) is 0 Å². The first kappa shape index (κ1) is 23.1. The van der Waals surface area contributed by atoms with Crippen LogP contribution in [0.4, 0.5) is 5.69 Å². The molecule has 0 saturated carbocycles. The summed E-state index contributed by atoms with van der Waals surface area (Å²) < 4.78 is 5.47. The maximum absolute atomic E-state index is 13.9. The van der Waals surface area contributed by atoms with E-state index in [2.05, 4.69) is 40.1 Å². The highest BCUT2D eigenvalue weighted by Gasteiger charge is 2.52. The van der Waals surface area contributed by atoms with Gasteiger partial charge in [0.2, 0.25) is 5.91 Å². The third-order valence-corrected chi connectivity index (χ3v) is 8.23. The van der Waals surface area contributed by atoms with Crippen LogP contribution in [0.15, 0.2) is 42.5 Å². The zero-order valence-electron chi connectivity index (χ0n) is 18.9. The van der Waals surface area contributed by atoms with Crippen molar-refractivity contribution in [3.8, 4) is 0 Å². The molecule has 3 heterocycles. The van der Waals surface area contributed by atoms with E-state index in [1.807, 2.05) is 17.0 Å². The van der Waals surface area contributed by atoms with Crippen LogP contribution in [-0.2, 0) is 21.4 Å². The van der Waals surface area contributed by atoms with E-state index in [0.717, 1.165) is 83.0 Å². The van der Waals surface area contributed by atoms with Crippen LogP contribution in [0.5, 0.6) is 0 Å². The first-order valence-electron chi connectivity index (χ1n) is 11.9. The molecular formula is C26H31Cl2N3O2. The average molecular weight is 488 g/mol. The van der Waals surface area contributed by atoms with E-state index in [0.29, 0.717) is 16.6 Å². The number of carbonyl (C=O) groups excluding carboxylic acids is 1. The number of hydrogen-bond acceptors (Lipinski definition) is 4. The van der Waals surface area contributed by atoms with E-state index in [4.69, 9.17) is 27.9 Å². The normalized spacial score (nSPS) is 21.0. The van der Waals surface area contributed by atoms with E-state index in [1.165, 1.54) is 5.56 Å². The lowest BCUT2D eigenvalue weighted by Gasteiger charge is -2.38. The molecule has 7 heteroatoms. The third-order valence-electron chi connectivity index (χ3n) is 7.51. The monoisotopic (exact) mass is 487 g/mol. The van der Waals surface area contributed by atoms with Crippen molar-refractivity contribution < 1.29 is 9.53 Å². The molecule has 2 aromatic carbocycles. The van der Waals surface area contributed by atoms with Crippen molar-refractivity contribution in [1.82, 2.24) is 9.80 Å². The molecule has 2 aromatic rings. The molecule has 0 unspecified atom stereocenters. The van der Waals surface area contributed by atoms with Gasteiger partial charge in [0.25, 0.3) is 0 Å². The molecular weight excluding hydrogens is 457 g/mol. The van der Waals surface area contributed by atoms with Crippen LogP contribution in [0.25, 0.3) is 0 Å². The Balaban J connectivity index is 1.31. The Morgan fingerprint density at radius 3 is 2.24 bits per heavy atom. The van der Waals surface area contributed by atoms with Crippen LogP contribution in [0.1, 0.15) is 24.0 Å². The molecule has 5 nitrogen and oxygen atoms in total. The minimum atomic E-state index is -0.488. The fourth-order valence-corrected chi connectivity index (χ4v) is 5.81. The standard InChI is InChI=1S/C26H31Cl2N3O2/c27-22-18-21-24(19-23(22)28)31(13-12-30-14-16-33-17-15-30)25(32)26(21)7-10-29(11-8-26)9-6-20-4-2-1-3-5-20/h1-5,18-19H,6-17H2. The van der Waals surface area contributed by atoms with Gasteiger partial charge >= 0.3 is 0 Å². The molecule has 176 valence electrons. The zero-order valence-corrected chi connectivity index (χ0v) is 20.5. The summed E-state index contributed by atoms with van der Waals surface area (Å²) in [5, 5.41) is 1.04. The number of likely N-dealkylation sites (tertiary alicyclic amines) is 1. The molecule has 2 fully saturated rings. The van der Waals surface area contributed by atoms with Gasteiger partial charge in [-0.15, -0.1) is 0 Å². The highest BCUT2D eigenvalue weighted by Crippen LogP contribution is 2.50. The van der Waals surface area contributed by atoms with Gasteiger partial charge in [-0.3, -0.25) is 9.69 Å². The minimum absolute atomic E-state index is 0.215. The summed E-state index contributed by atoms with van der Waals surface area (Å²) in [6.07, 6.45) is 2.67. The smallest absolute Gasteiger partial charge is 0.237 e. The van der Waals surface area contributed by atoms with Crippen molar-refractivity contribution in [2.24, 2.45) is 0 Å². The molecule has 33 heavy (non-hydrogen) atoms. The number of rotatable bonds is 6. The molecule has 1 spiro atoms. The number of fused-ring (bicyclic) bond motifs is 2. The molecule has 2 saturated heterocycles. The number of halogens is 2. The van der Waals surface area contributed by atoms with Gasteiger partial charge in [0.15, 0.2) is 0 Å². The Hall–Kier alpha value is -1.63. The number of piperidine rings is 1. The number of morpholine rings is 1. The Morgan fingerprint density at radius 1 is 0.848 bits per heavy atom. The SMILES string of the molecule is O=C1N(CCN2CCOCC2)c2cc(Cl)c(Cl)cc2C12CCN(CCc1ccccc1)CC2. The summed E-state index contributed by atoms with van der Waals surface area (Å²) in [4.78, 5) is 20.7. The van der Waals surface area contributed by atoms with Crippen molar-refractivity contribution in [3.05, 3.63) is 63.6 Å². The lowest BCUT2D eigenvalue weighted by atomic mass is 9.73. The maximum atomic E-state index is 13.9. The summed E-state index contributed by atoms with van der Waals surface area (Å²) in [6, 6.07) is 14.4. The van der Waals surface area contributed by atoms with Crippen molar-refractivity contribution in [2.45, 2.75) is 24.7 Å². The molecule has 0 bridgehead atoms. The fraction of sp³-hybridized carbons (Fsp3) is 0.500. The van der Waals surface area contributed by atoms with Crippen LogP contribution in [-0.4, -0.2) is 74.7 Å². The average Bonchev–Trinajstić information content (AvgIpc) is 3.06. The van der Waals surface area contributed by atoms with Crippen molar-refractivity contribution in [1.29, 1.82) is 0 Å². The quantitative estimate of drug-likeness (QED) is 0.610. The summed E-state index contributed by atoms with van der Waals surface area (Å²) in [5.74, 6) is 0.215. The second kappa shape index (κ2) is 9.93. The summed E-state index contributed by atoms with van der Waals surface area (Å²) in [6.45, 7) is 7.70. The predicted octanol–water partition coefficient (Wildman–Crippen LogP) is 4.25. The van der Waals surface area contributed by atoms with Gasteiger partial charge in [-0.1, -0.05) is 53.5 Å². The Labute approximate surface area is 206 Å². The number of hydrogen-bond donors (Lipinski definition) is 0. The van der Waals surface area contributed by atoms with Crippen LogP contribution >= 0.6 is 23.2 Å². The molecule has 1 amide bonds. The number of ether oxygens (including phenoxy) is 1. The first-order chi connectivity index (χ1) is 16.1. The van der Waals surface area contributed by atoms with Gasteiger partial charge in [0.05, 0.1) is 28.7 Å².